The van der Waals surface area contributed by atoms with Crippen LogP contribution in [0.1, 0.15) is 18.1 Å². The first kappa shape index (κ1) is 15.7. The van der Waals surface area contributed by atoms with Crippen molar-refractivity contribution >= 4 is 22.9 Å². The first-order chi connectivity index (χ1) is 10.4. The van der Waals surface area contributed by atoms with Crippen molar-refractivity contribution in [1.82, 2.24) is 0 Å². The molecule has 2 aromatic carbocycles. The summed E-state index contributed by atoms with van der Waals surface area (Å²) in [6, 6.07) is 11.0. The van der Waals surface area contributed by atoms with Gasteiger partial charge in [-0.25, -0.2) is 4.39 Å². The van der Waals surface area contributed by atoms with Crippen LogP contribution in [-0.2, 0) is 4.79 Å². The largest absolute Gasteiger partial charge is 0.399 e. The second kappa shape index (κ2) is 6.41. The van der Waals surface area contributed by atoms with E-state index in [4.69, 9.17) is 5.73 Å². The number of halogens is 1. The van der Waals surface area contributed by atoms with E-state index in [0.29, 0.717) is 28.1 Å². The molecule has 1 unspecified atom stereocenters. The third-order valence-corrected chi connectivity index (χ3v) is 3.21. The van der Waals surface area contributed by atoms with E-state index in [1.54, 1.807) is 36.4 Å². The lowest BCUT2D eigenvalue weighted by Gasteiger charge is -2.15. The van der Waals surface area contributed by atoms with Crippen LogP contribution in [0, 0.1) is 5.82 Å². The molecule has 0 bridgehead atoms. The zero-order chi connectivity index (χ0) is 16.3. The Morgan fingerprint density at radius 3 is 2.59 bits per heavy atom. The fourth-order valence-electron chi connectivity index (χ4n) is 2.01. The van der Waals surface area contributed by atoms with E-state index in [9.17, 15) is 14.3 Å². The minimum atomic E-state index is -1.16. The predicted molar refractivity (Wildman–Crippen MR) is 85.7 cm³/mol. The van der Waals surface area contributed by atoms with E-state index in [0.717, 1.165) is 0 Å². The van der Waals surface area contributed by atoms with E-state index < -0.39 is 17.8 Å². The van der Waals surface area contributed by atoms with Gasteiger partial charge >= 0.3 is 0 Å². The maximum atomic E-state index is 13.9. The average Bonchev–Trinajstić information content (AvgIpc) is 2.48. The molecule has 4 nitrogen and oxygen atoms in total. The minimum Gasteiger partial charge on any atom is -0.399 e. The molecule has 0 aliphatic carbocycles. The Bertz CT molecular complexity index is 726. The fourth-order valence-corrected chi connectivity index (χ4v) is 2.01. The second-order valence-corrected chi connectivity index (χ2v) is 4.93. The Balaban J connectivity index is 2.45. The summed E-state index contributed by atoms with van der Waals surface area (Å²) in [7, 11) is 0. The number of aliphatic hydroxyl groups is 1. The van der Waals surface area contributed by atoms with Crippen molar-refractivity contribution in [3.05, 3.63) is 66.0 Å². The standard InChI is InChI=1S/C17H17FN2O2/c1-10(13-5-3-4-6-15(13)18)14-9-12(19)7-8-16(14)20-17(22)11(2)21/h3-9,11,21H,1,19H2,2H3,(H,20,22). The summed E-state index contributed by atoms with van der Waals surface area (Å²) in [4.78, 5) is 11.7. The van der Waals surface area contributed by atoms with E-state index in [2.05, 4.69) is 11.9 Å². The fraction of sp³-hybridized carbons (Fsp3) is 0.118. The van der Waals surface area contributed by atoms with E-state index in [-0.39, 0.29) is 0 Å². The van der Waals surface area contributed by atoms with Crippen LogP contribution in [0.5, 0.6) is 0 Å². The van der Waals surface area contributed by atoms with Crippen LogP contribution in [0.4, 0.5) is 15.8 Å². The summed E-state index contributed by atoms with van der Waals surface area (Å²) in [6.07, 6.45) is -1.16. The molecule has 114 valence electrons. The minimum absolute atomic E-state index is 0.320. The molecule has 0 aliphatic heterocycles. The molecule has 0 aromatic heterocycles. The molecule has 0 spiro atoms. The van der Waals surface area contributed by atoms with Crippen LogP contribution in [0.25, 0.3) is 5.57 Å². The van der Waals surface area contributed by atoms with Crippen LogP contribution in [0.3, 0.4) is 0 Å². The van der Waals surface area contributed by atoms with Crippen LogP contribution < -0.4 is 11.1 Å². The van der Waals surface area contributed by atoms with Gasteiger partial charge in [-0.3, -0.25) is 4.79 Å². The molecule has 1 atom stereocenters. The predicted octanol–water partition coefficient (Wildman–Crippen LogP) is 2.79. The number of rotatable bonds is 4. The second-order valence-electron chi connectivity index (χ2n) is 4.93. The van der Waals surface area contributed by atoms with E-state index in [1.165, 1.54) is 13.0 Å². The molecule has 0 saturated heterocycles. The van der Waals surface area contributed by atoms with Gasteiger partial charge in [0, 0.05) is 22.5 Å². The zero-order valence-corrected chi connectivity index (χ0v) is 12.1. The van der Waals surface area contributed by atoms with Crippen molar-refractivity contribution in [3.8, 4) is 0 Å². The molecule has 0 aliphatic rings. The summed E-state index contributed by atoms with van der Waals surface area (Å²) in [6.45, 7) is 5.26. The number of nitrogens with one attached hydrogen (secondary N) is 1. The molecule has 5 heteroatoms. The summed E-state index contributed by atoms with van der Waals surface area (Å²) in [5.74, 6) is -0.977. The molecule has 0 fully saturated rings. The lowest BCUT2D eigenvalue weighted by Crippen LogP contribution is -2.25. The molecule has 4 N–H and O–H groups in total. The molecular weight excluding hydrogens is 283 g/mol. The SMILES string of the molecule is C=C(c1ccccc1F)c1cc(N)ccc1NC(=O)C(C)O. The van der Waals surface area contributed by atoms with Crippen LogP contribution in [0.2, 0.25) is 0 Å². The molecule has 0 heterocycles. The monoisotopic (exact) mass is 300 g/mol. The Kier molecular flexibility index (Phi) is 4.58. The maximum absolute atomic E-state index is 13.9. The number of hydrogen-bond donors (Lipinski definition) is 3. The summed E-state index contributed by atoms with van der Waals surface area (Å²) < 4.78 is 13.9. The topological polar surface area (TPSA) is 75.3 Å². The molecule has 22 heavy (non-hydrogen) atoms. The van der Waals surface area contributed by atoms with Crippen LogP contribution in [0.15, 0.2) is 49.0 Å². The van der Waals surface area contributed by atoms with Gasteiger partial charge in [0.25, 0.3) is 5.91 Å². The van der Waals surface area contributed by atoms with Crippen molar-refractivity contribution < 1.29 is 14.3 Å². The summed E-state index contributed by atoms with van der Waals surface area (Å²) in [5, 5.41) is 11.9. The molecule has 2 rings (SSSR count). The van der Waals surface area contributed by atoms with Gasteiger partial charge in [-0.1, -0.05) is 24.8 Å². The zero-order valence-electron chi connectivity index (χ0n) is 12.1. The van der Waals surface area contributed by atoms with E-state index in [1.807, 2.05) is 0 Å². The number of nitrogens with two attached hydrogens (primary N) is 1. The highest BCUT2D eigenvalue weighted by molar-refractivity contribution is 5.98. The van der Waals surface area contributed by atoms with Gasteiger partial charge in [0.05, 0.1) is 0 Å². The molecule has 1 amide bonds. The highest BCUT2D eigenvalue weighted by atomic mass is 19.1. The Hall–Kier alpha value is -2.66. The Morgan fingerprint density at radius 1 is 1.27 bits per heavy atom. The van der Waals surface area contributed by atoms with Crippen molar-refractivity contribution in [2.45, 2.75) is 13.0 Å². The highest BCUT2D eigenvalue weighted by Crippen LogP contribution is 2.31. The number of hydrogen-bond acceptors (Lipinski definition) is 3. The van der Waals surface area contributed by atoms with Crippen molar-refractivity contribution in [3.63, 3.8) is 0 Å². The van der Waals surface area contributed by atoms with Crippen molar-refractivity contribution in [2.24, 2.45) is 0 Å². The van der Waals surface area contributed by atoms with Crippen LogP contribution in [-0.4, -0.2) is 17.1 Å². The van der Waals surface area contributed by atoms with Gasteiger partial charge in [-0.05, 0) is 36.8 Å². The lowest BCUT2D eigenvalue weighted by atomic mass is 9.97. The van der Waals surface area contributed by atoms with Crippen LogP contribution >= 0.6 is 0 Å². The molecule has 0 radical (unpaired) electrons. The van der Waals surface area contributed by atoms with Gasteiger partial charge < -0.3 is 16.2 Å². The van der Waals surface area contributed by atoms with E-state index >= 15 is 0 Å². The van der Waals surface area contributed by atoms with Gasteiger partial charge in [-0.15, -0.1) is 0 Å². The summed E-state index contributed by atoms with van der Waals surface area (Å²) >= 11 is 0. The number of carbonyl (C=O) groups is 1. The number of aliphatic hydroxyl groups excluding tert-OH is 1. The lowest BCUT2D eigenvalue weighted by molar-refractivity contribution is -0.123. The van der Waals surface area contributed by atoms with Gasteiger partial charge in [0.15, 0.2) is 0 Å². The van der Waals surface area contributed by atoms with Crippen molar-refractivity contribution in [2.75, 3.05) is 11.1 Å². The number of benzene rings is 2. The van der Waals surface area contributed by atoms with Gasteiger partial charge in [0.2, 0.25) is 0 Å². The third-order valence-electron chi connectivity index (χ3n) is 3.21. The Labute approximate surface area is 128 Å². The number of anilines is 2. The van der Waals surface area contributed by atoms with Crippen molar-refractivity contribution in [1.29, 1.82) is 0 Å². The number of carbonyl (C=O) groups excluding carboxylic acids is 1. The molecule has 2 aromatic rings. The first-order valence-electron chi connectivity index (χ1n) is 6.72. The quantitative estimate of drug-likeness (QED) is 0.760. The number of nitrogen functional groups attached to an aromatic ring is 1. The Morgan fingerprint density at radius 2 is 1.95 bits per heavy atom. The van der Waals surface area contributed by atoms with Gasteiger partial charge in [0.1, 0.15) is 11.9 Å². The molecular formula is C17H17FN2O2. The van der Waals surface area contributed by atoms with Gasteiger partial charge in [-0.2, -0.15) is 0 Å². The first-order valence-corrected chi connectivity index (χ1v) is 6.72. The number of amides is 1. The average molecular weight is 300 g/mol. The summed E-state index contributed by atoms with van der Waals surface area (Å²) in [5.41, 5.74) is 7.86. The maximum Gasteiger partial charge on any atom is 0.252 e. The highest BCUT2D eigenvalue weighted by Gasteiger charge is 2.15. The normalized spacial score (nSPS) is 11.8. The smallest absolute Gasteiger partial charge is 0.252 e. The molecule has 0 saturated carbocycles. The third kappa shape index (κ3) is 3.32.